The standard InChI is InChI=1S/C17H25NO3/c1-5-20-17(4,13-6-7-13)16(19)18-14-8-10-15(11-9-14)21-12(2)3/h8-13H,5-7H2,1-4H3,(H,18,19). The van der Waals surface area contributed by atoms with Crippen LogP contribution in [0.25, 0.3) is 0 Å². The maximum absolute atomic E-state index is 12.5. The Labute approximate surface area is 126 Å². The highest BCUT2D eigenvalue weighted by atomic mass is 16.5. The van der Waals surface area contributed by atoms with Gasteiger partial charge in [0.25, 0.3) is 5.91 Å². The fraction of sp³-hybridized carbons (Fsp3) is 0.588. The molecule has 1 atom stereocenters. The summed E-state index contributed by atoms with van der Waals surface area (Å²) in [5.74, 6) is 1.07. The molecule has 1 saturated carbocycles. The van der Waals surface area contributed by atoms with Crippen molar-refractivity contribution < 1.29 is 14.3 Å². The van der Waals surface area contributed by atoms with Gasteiger partial charge >= 0.3 is 0 Å². The number of rotatable bonds is 7. The molecule has 1 amide bonds. The summed E-state index contributed by atoms with van der Waals surface area (Å²) in [5.41, 5.74) is 0.0460. The van der Waals surface area contributed by atoms with Crippen LogP contribution < -0.4 is 10.1 Å². The summed E-state index contributed by atoms with van der Waals surface area (Å²) in [7, 11) is 0. The molecule has 0 saturated heterocycles. The number of carbonyl (C=O) groups excluding carboxylic acids is 1. The number of hydrogen-bond acceptors (Lipinski definition) is 3. The Morgan fingerprint density at radius 2 is 1.95 bits per heavy atom. The van der Waals surface area contributed by atoms with E-state index in [2.05, 4.69) is 5.32 Å². The monoisotopic (exact) mass is 291 g/mol. The van der Waals surface area contributed by atoms with Gasteiger partial charge in [0.05, 0.1) is 6.10 Å². The molecule has 116 valence electrons. The van der Waals surface area contributed by atoms with Crippen LogP contribution in [0.15, 0.2) is 24.3 Å². The number of carbonyl (C=O) groups is 1. The van der Waals surface area contributed by atoms with Gasteiger partial charge in [0.15, 0.2) is 0 Å². The maximum Gasteiger partial charge on any atom is 0.256 e. The van der Waals surface area contributed by atoms with E-state index >= 15 is 0 Å². The molecule has 1 N–H and O–H groups in total. The highest BCUT2D eigenvalue weighted by Crippen LogP contribution is 2.42. The Morgan fingerprint density at radius 3 is 2.43 bits per heavy atom. The van der Waals surface area contributed by atoms with Crippen molar-refractivity contribution in [2.45, 2.75) is 52.2 Å². The van der Waals surface area contributed by atoms with E-state index in [-0.39, 0.29) is 12.0 Å². The average molecular weight is 291 g/mol. The van der Waals surface area contributed by atoms with Crippen molar-refractivity contribution >= 4 is 11.6 Å². The first-order chi connectivity index (χ1) is 9.95. The van der Waals surface area contributed by atoms with Crippen LogP contribution >= 0.6 is 0 Å². The minimum absolute atomic E-state index is 0.0654. The Morgan fingerprint density at radius 1 is 1.33 bits per heavy atom. The lowest BCUT2D eigenvalue weighted by molar-refractivity contribution is -0.141. The van der Waals surface area contributed by atoms with Gasteiger partial charge in [-0.05, 0) is 70.7 Å². The maximum atomic E-state index is 12.5. The summed E-state index contributed by atoms with van der Waals surface area (Å²) in [6.07, 6.45) is 2.26. The molecule has 0 spiro atoms. The van der Waals surface area contributed by atoms with Gasteiger partial charge in [-0.2, -0.15) is 0 Å². The summed E-state index contributed by atoms with van der Waals surface area (Å²) >= 11 is 0. The van der Waals surface area contributed by atoms with E-state index in [0.717, 1.165) is 24.3 Å². The minimum atomic E-state index is -0.720. The van der Waals surface area contributed by atoms with Crippen molar-refractivity contribution in [2.75, 3.05) is 11.9 Å². The summed E-state index contributed by atoms with van der Waals surface area (Å²) < 4.78 is 11.3. The van der Waals surface area contributed by atoms with Gasteiger partial charge in [0.2, 0.25) is 0 Å². The SMILES string of the molecule is CCOC(C)(C(=O)Nc1ccc(OC(C)C)cc1)C1CC1. The average Bonchev–Trinajstić information content (AvgIpc) is 3.25. The first-order valence-corrected chi connectivity index (χ1v) is 7.68. The van der Waals surface area contributed by atoms with Crippen molar-refractivity contribution in [3.05, 3.63) is 24.3 Å². The zero-order chi connectivity index (χ0) is 15.5. The van der Waals surface area contributed by atoms with Gasteiger partial charge in [-0.1, -0.05) is 0 Å². The van der Waals surface area contributed by atoms with Gasteiger partial charge in [-0.15, -0.1) is 0 Å². The zero-order valence-electron chi connectivity index (χ0n) is 13.3. The molecule has 0 heterocycles. The molecule has 1 aliphatic carbocycles. The van der Waals surface area contributed by atoms with Crippen LogP contribution in [-0.4, -0.2) is 24.2 Å². The molecule has 1 aromatic rings. The molecule has 1 unspecified atom stereocenters. The van der Waals surface area contributed by atoms with E-state index in [4.69, 9.17) is 9.47 Å². The normalized spacial score (nSPS) is 17.4. The quantitative estimate of drug-likeness (QED) is 0.834. The first kappa shape index (κ1) is 15.8. The fourth-order valence-corrected chi connectivity index (χ4v) is 2.45. The second-order valence-corrected chi connectivity index (χ2v) is 5.96. The van der Waals surface area contributed by atoms with Crippen molar-refractivity contribution in [3.63, 3.8) is 0 Å². The van der Waals surface area contributed by atoms with E-state index in [9.17, 15) is 4.79 Å². The molecule has 1 aromatic carbocycles. The zero-order valence-corrected chi connectivity index (χ0v) is 13.3. The number of ether oxygens (including phenoxy) is 2. The Bertz CT molecular complexity index is 479. The van der Waals surface area contributed by atoms with Crippen LogP contribution in [0.1, 0.15) is 40.5 Å². The Balaban J connectivity index is 2.01. The molecule has 0 aliphatic heterocycles. The number of nitrogens with one attached hydrogen (secondary N) is 1. The molecule has 4 heteroatoms. The first-order valence-electron chi connectivity index (χ1n) is 7.68. The Kier molecular flexibility index (Phi) is 4.88. The molecule has 21 heavy (non-hydrogen) atoms. The predicted molar refractivity (Wildman–Crippen MR) is 83.6 cm³/mol. The van der Waals surface area contributed by atoms with E-state index in [1.54, 1.807) is 0 Å². The summed E-state index contributed by atoms with van der Waals surface area (Å²) in [6.45, 7) is 8.32. The molecule has 0 aromatic heterocycles. The topological polar surface area (TPSA) is 47.6 Å². The van der Waals surface area contributed by atoms with Gasteiger partial charge in [0, 0.05) is 12.3 Å². The highest BCUT2D eigenvalue weighted by molar-refractivity contribution is 5.97. The van der Waals surface area contributed by atoms with E-state index < -0.39 is 5.60 Å². The van der Waals surface area contributed by atoms with Gasteiger partial charge in [-0.25, -0.2) is 0 Å². The summed E-state index contributed by atoms with van der Waals surface area (Å²) in [5, 5.41) is 2.95. The molecule has 4 nitrogen and oxygen atoms in total. The van der Waals surface area contributed by atoms with Crippen LogP contribution in [0.3, 0.4) is 0 Å². The lowest BCUT2D eigenvalue weighted by atomic mass is 9.99. The highest BCUT2D eigenvalue weighted by Gasteiger charge is 2.48. The third-order valence-corrected chi connectivity index (χ3v) is 3.74. The van der Waals surface area contributed by atoms with Crippen LogP contribution in [0.5, 0.6) is 5.75 Å². The fourth-order valence-electron chi connectivity index (χ4n) is 2.45. The third kappa shape index (κ3) is 3.97. The van der Waals surface area contributed by atoms with Crippen molar-refractivity contribution in [1.29, 1.82) is 0 Å². The van der Waals surface area contributed by atoms with Crippen LogP contribution in [-0.2, 0) is 9.53 Å². The summed E-state index contributed by atoms with van der Waals surface area (Å²) in [6, 6.07) is 7.44. The predicted octanol–water partition coefficient (Wildman–Crippen LogP) is 3.62. The molecule has 0 radical (unpaired) electrons. The van der Waals surface area contributed by atoms with Crippen molar-refractivity contribution in [3.8, 4) is 5.75 Å². The molecule has 0 bridgehead atoms. The van der Waals surface area contributed by atoms with Crippen LogP contribution in [0, 0.1) is 5.92 Å². The third-order valence-electron chi connectivity index (χ3n) is 3.74. The van der Waals surface area contributed by atoms with E-state index in [0.29, 0.717) is 12.5 Å². The molecular formula is C17H25NO3. The van der Waals surface area contributed by atoms with E-state index in [1.807, 2.05) is 52.0 Å². The molecule has 1 aliphatic rings. The lowest BCUT2D eigenvalue weighted by Crippen LogP contribution is -2.44. The smallest absolute Gasteiger partial charge is 0.256 e. The summed E-state index contributed by atoms with van der Waals surface area (Å²) in [4.78, 5) is 12.5. The van der Waals surface area contributed by atoms with Gasteiger partial charge in [-0.3, -0.25) is 4.79 Å². The number of benzene rings is 1. The Hall–Kier alpha value is -1.55. The second kappa shape index (κ2) is 6.48. The van der Waals surface area contributed by atoms with Crippen LogP contribution in [0.2, 0.25) is 0 Å². The number of hydrogen-bond donors (Lipinski definition) is 1. The largest absolute Gasteiger partial charge is 0.491 e. The molecule has 2 rings (SSSR count). The minimum Gasteiger partial charge on any atom is -0.491 e. The lowest BCUT2D eigenvalue weighted by Gasteiger charge is -2.28. The van der Waals surface area contributed by atoms with Crippen molar-refractivity contribution in [1.82, 2.24) is 0 Å². The molecular weight excluding hydrogens is 266 g/mol. The van der Waals surface area contributed by atoms with Gasteiger partial charge < -0.3 is 14.8 Å². The number of amides is 1. The second-order valence-electron chi connectivity index (χ2n) is 5.96. The van der Waals surface area contributed by atoms with Crippen molar-refractivity contribution in [2.24, 2.45) is 5.92 Å². The number of anilines is 1. The van der Waals surface area contributed by atoms with Gasteiger partial charge in [0.1, 0.15) is 11.4 Å². The molecule has 1 fully saturated rings. The van der Waals surface area contributed by atoms with Crippen LogP contribution in [0.4, 0.5) is 5.69 Å². The van der Waals surface area contributed by atoms with E-state index in [1.165, 1.54) is 0 Å².